The van der Waals surface area contributed by atoms with Gasteiger partial charge in [0.2, 0.25) is 0 Å². The van der Waals surface area contributed by atoms with Gasteiger partial charge in [0.25, 0.3) is 0 Å². The minimum Gasteiger partial charge on any atom is -0.333 e. The van der Waals surface area contributed by atoms with Crippen LogP contribution >= 0.6 is 0 Å². The molecule has 17 heavy (non-hydrogen) atoms. The van der Waals surface area contributed by atoms with Crippen molar-refractivity contribution in [1.29, 1.82) is 0 Å². The molecule has 1 fully saturated rings. The second-order valence-corrected chi connectivity index (χ2v) is 5.17. The van der Waals surface area contributed by atoms with Crippen molar-refractivity contribution < 1.29 is 0 Å². The van der Waals surface area contributed by atoms with Crippen LogP contribution in [0.1, 0.15) is 32.0 Å². The Bertz CT molecular complexity index is 373. The summed E-state index contributed by atoms with van der Waals surface area (Å²) < 4.78 is 2.29. The lowest BCUT2D eigenvalue weighted by Gasteiger charge is -2.36. The van der Waals surface area contributed by atoms with E-state index in [-0.39, 0.29) is 0 Å². The molecule has 0 bridgehead atoms. The van der Waals surface area contributed by atoms with E-state index >= 15 is 0 Å². The Balaban J connectivity index is 1.69. The van der Waals surface area contributed by atoms with E-state index in [1.807, 2.05) is 6.20 Å². The van der Waals surface area contributed by atoms with E-state index in [1.54, 1.807) is 0 Å². The summed E-state index contributed by atoms with van der Waals surface area (Å²) in [5.41, 5.74) is 0. The van der Waals surface area contributed by atoms with E-state index in [2.05, 4.69) is 32.9 Å². The van der Waals surface area contributed by atoms with Crippen molar-refractivity contribution in [2.75, 3.05) is 13.1 Å². The molecule has 1 aliphatic heterocycles. The van der Waals surface area contributed by atoms with Crippen molar-refractivity contribution in [3.05, 3.63) is 18.2 Å². The third kappa shape index (κ3) is 2.11. The summed E-state index contributed by atoms with van der Waals surface area (Å²) >= 11 is 0. The number of imidazole rings is 1. The predicted octanol–water partition coefficient (Wildman–Crippen LogP) is 1.23. The second-order valence-electron chi connectivity index (χ2n) is 5.17. The molecule has 1 aromatic rings. The molecule has 1 aromatic heterocycles. The van der Waals surface area contributed by atoms with E-state index in [1.165, 1.54) is 31.6 Å². The van der Waals surface area contributed by atoms with Crippen LogP contribution < -0.4 is 5.32 Å². The van der Waals surface area contributed by atoms with Gasteiger partial charge in [0.1, 0.15) is 5.82 Å². The van der Waals surface area contributed by atoms with Gasteiger partial charge in [-0.25, -0.2) is 4.98 Å². The maximum absolute atomic E-state index is 4.45. The largest absolute Gasteiger partial charge is 0.333 e. The van der Waals surface area contributed by atoms with Gasteiger partial charge in [-0.15, -0.1) is 0 Å². The fourth-order valence-corrected chi connectivity index (χ4v) is 3.35. The Hall–Kier alpha value is -0.870. The molecule has 1 aliphatic carbocycles. The van der Waals surface area contributed by atoms with Gasteiger partial charge >= 0.3 is 0 Å². The van der Waals surface area contributed by atoms with Gasteiger partial charge < -0.3 is 9.88 Å². The maximum Gasteiger partial charge on any atom is 0.122 e. The standard InChI is InChI=1S/C13H22N4/c1-2-14-11-4-3-5-12(11)17-9-8-16-7-6-15-13(16)10-17/h6-7,11-12,14H,2-5,8-10H2,1H3. The van der Waals surface area contributed by atoms with Crippen molar-refractivity contribution in [2.45, 2.75) is 51.4 Å². The molecule has 0 spiro atoms. The average Bonchev–Trinajstić information content (AvgIpc) is 2.96. The zero-order chi connectivity index (χ0) is 11.7. The topological polar surface area (TPSA) is 33.1 Å². The van der Waals surface area contributed by atoms with Crippen LogP contribution in [0.15, 0.2) is 12.4 Å². The van der Waals surface area contributed by atoms with Crippen molar-refractivity contribution in [3.8, 4) is 0 Å². The number of likely N-dealkylation sites (N-methyl/N-ethyl adjacent to an activating group) is 1. The van der Waals surface area contributed by atoms with E-state index in [0.717, 1.165) is 25.7 Å². The van der Waals surface area contributed by atoms with Gasteiger partial charge in [0.05, 0.1) is 6.54 Å². The molecule has 94 valence electrons. The number of nitrogens with zero attached hydrogens (tertiary/aromatic N) is 3. The van der Waals surface area contributed by atoms with Gasteiger partial charge in [-0.3, -0.25) is 4.90 Å². The molecule has 4 nitrogen and oxygen atoms in total. The quantitative estimate of drug-likeness (QED) is 0.854. The van der Waals surface area contributed by atoms with Crippen LogP contribution in [-0.2, 0) is 13.1 Å². The smallest absolute Gasteiger partial charge is 0.122 e. The van der Waals surface area contributed by atoms with Crippen LogP contribution in [-0.4, -0.2) is 39.6 Å². The highest BCUT2D eigenvalue weighted by atomic mass is 15.3. The molecule has 2 atom stereocenters. The number of hydrogen-bond acceptors (Lipinski definition) is 3. The van der Waals surface area contributed by atoms with Crippen LogP contribution in [0.25, 0.3) is 0 Å². The molecule has 0 saturated heterocycles. The monoisotopic (exact) mass is 234 g/mol. The lowest BCUT2D eigenvalue weighted by molar-refractivity contribution is 0.134. The fraction of sp³-hybridized carbons (Fsp3) is 0.769. The lowest BCUT2D eigenvalue weighted by atomic mass is 10.1. The average molecular weight is 234 g/mol. The molecule has 3 rings (SSSR count). The first-order chi connectivity index (χ1) is 8.38. The summed E-state index contributed by atoms with van der Waals surface area (Å²) in [6, 6.07) is 1.42. The highest BCUT2D eigenvalue weighted by molar-refractivity contribution is 4.99. The Morgan fingerprint density at radius 3 is 3.24 bits per heavy atom. The lowest BCUT2D eigenvalue weighted by Crippen LogP contribution is -2.49. The fourth-order valence-electron chi connectivity index (χ4n) is 3.35. The number of rotatable bonds is 3. The normalized spacial score (nSPS) is 29.5. The summed E-state index contributed by atoms with van der Waals surface area (Å²) in [6.07, 6.45) is 8.08. The molecule has 0 aromatic carbocycles. The van der Waals surface area contributed by atoms with Gasteiger partial charge in [0, 0.05) is 37.6 Å². The second kappa shape index (κ2) is 4.78. The Kier molecular flexibility index (Phi) is 3.16. The first-order valence-electron chi connectivity index (χ1n) is 6.86. The molecule has 4 heteroatoms. The molecule has 0 radical (unpaired) electrons. The molecule has 2 heterocycles. The molecular formula is C13H22N4. The maximum atomic E-state index is 4.45. The first-order valence-corrected chi connectivity index (χ1v) is 6.86. The number of fused-ring (bicyclic) bond motifs is 1. The molecular weight excluding hydrogens is 212 g/mol. The van der Waals surface area contributed by atoms with Crippen molar-refractivity contribution in [3.63, 3.8) is 0 Å². The van der Waals surface area contributed by atoms with E-state index < -0.39 is 0 Å². The van der Waals surface area contributed by atoms with Crippen molar-refractivity contribution in [1.82, 2.24) is 19.8 Å². The number of nitrogens with one attached hydrogen (secondary N) is 1. The third-order valence-corrected chi connectivity index (χ3v) is 4.19. The number of aromatic nitrogens is 2. The zero-order valence-electron chi connectivity index (χ0n) is 10.6. The molecule has 2 unspecified atom stereocenters. The summed E-state index contributed by atoms with van der Waals surface area (Å²) in [7, 11) is 0. The molecule has 1 saturated carbocycles. The highest BCUT2D eigenvalue weighted by Gasteiger charge is 2.33. The summed E-state index contributed by atoms with van der Waals surface area (Å²) in [6.45, 7) is 6.60. The Morgan fingerprint density at radius 2 is 2.35 bits per heavy atom. The molecule has 0 amide bonds. The van der Waals surface area contributed by atoms with Gasteiger partial charge in [-0.2, -0.15) is 0 Å². The van der Waals surface area contributed by atoms with Crippen LogP contribution in [0.5, 0.6) is 0 Å². The van der Waals surface area contributed by atoms with Gasteiger partial charge in [-0.1, -0.05) is 13.3 Å². The van der Waals surface area contributed by atoms with Gasteiger partial charge in [0.15, 0.2) is 0 Å². The van der Waals surface area contributed by atoms with Crippen LogP contribution in [0.2, 0.25) is 0 Å². The molecule has 2 aliphatic rings. The summed E-state index contributed by atoms with van der Waals surface area (Å²) in [4.78, 5) is 7.08. The van der Waals surface area contributed by atoms with E-state index in [9.17, 15) is 0 Å². The molecule has 1 N–H and O–H groups in total. The van der Waals surface area contributed by atoms with E-state index in [0.29, 0.717) is 6.04 Å². The van der Waals surface area contributed by atoms with E-state index in [4.69, 9.17) is 0 Å². The minimum absolute atomic E-state index is 0.696. The highest BCUT2D eigenvalue weighted by Crippen LogP contribution is 2.26. The summed E-state index contributed by atoms with van der Waals surface area (Å²) in [5, 5.41) is 3.64. The van der Waals surface area contributed by atoms with Crippen molar-refractivity contribution >= 4 is 0 Å². The third-order valence-electron chi connectivity index (χ3n) is 4.19. The first kappa shape index (κ1) is 11.2. The summed E-state index contributed by atoms with van der Waals surface area (Å²) in [5.74, 6) is 1.23. The number of hydrogen-bond donors (Lipinski definition) is 1. The predicted molar refractivity (Wildman–Crippen MR) is 67.7 cm³/mol. The Labute approximate surface area is 103 Å². The Morgan fingerprint density at radius 1 is 1.41 bits per heavy atom. The van der Waals surface area contributed by atoms with Crippen LogP contribution in [0.4, 0.5) is 0 Å². The van der Waals surface area contributed by atoms with Crippen LogP contribution in [0, 0.1) is 0 Å². The SMILES string of the molecule is CCNC1CCCC1N1CCn2ccnc2C1. The van der Waals surface area contributed by atoms with Crippen LogP contribution in [0.3, 0.4) is 0 Å². The zero-order valence-corrected chi connectivity index (χ0v) is 10.6. The van der Waals surface area contributed by atoms with Crippen molar-refractivity contribution in [2.24, 2.45) is 0 Å². The van der Waals surface area contributed by atoms with Gasteiger partial charge in [-0.05, 0) is 19.4 Å². The minimum atomic E-state index is 0.696.